The second kappa shape index (κ2) is 4.04. The number of nitrogens with zero attached hydrogens (tertiary/aromatic N) is 1. The van der Waals surface area contributed by atoms with Crippen LogP contribution in [0, 0.1) is 5.92 Å². The Morgan fingerprint density at radius 3 is 2.53 bits per heavy atom. The predicted octanol–water partition coefficient (Wildman–Crippen LogP) is 0.854. The number of piperidine rings is 1. The average Bonchev–Trinajstić information content (AvgIpc) is 2.69. The Morgan fingerprint density at radius 1 is 1.33 bits per heavy atom. The highest BCUT2D eigenvalue weighted by molar-refractivity contribution is 5.79. The molecule has 0 aliphatic carbocycles. The molecule has 0 aromatic heterocycles. The fraction of sp³-hybridized carbons (Fsp3) is 0.900. The van der Waals surface area contributed by atoms with Gasteiger partial charge in [-0.15, -0.1) is 0 Å². The van der Waals surface area contributed by atoms with E-state index in [0.29, 0.717) is 6.54 Å². The lowest BCUT2D eigenvalue weighted by Gasteiger charge is -2.33. The van der Waals surface area contributed by atoms with E-state index in [1.807, 2.05) is 0 Å². The number of rotatable bonds is 1. The highest BCUT2D eigenvalue weighted by Crippen LogP contribution is 2.28. The first-order chi connectivity index (χ1) is 7.08. The van der Waals surface area contributed by atoms with Gasteiger partial charge in [0.15, 0.2) is 0 Å². The van der Waals surface area contributed by atoms with Gasteiger partial charge in [0.2, 0.25) is 5.91 Å². The summed E-state index contributed by atoms with van der Waals surface area (Å²) in [6.07, 6.45) is 0.476. The van der Waals surface area contributed by atoms with E-state index in [1.54, 1.807) is 4.90 Å². The molecule has 1 atom stereocenters. The van der Waals surface area contributed by atoms with Crippen molar-refractivity contribution < 1.29 is 13.6 Å². The molecule has 2 heterocycles. The van der Waals surface area contributed by atoms with Crippen molar-refractivity contribution in [1.29, 1.82) is 0 Å². The van der Waals surface area contributed by atoms with Crippen LogP contribution in [0.15, 0.2) is 0 Å². The number of alkyl halides is 2. The lowest BCUT2D eigenvalue weighted by atomic mass is 10.0. The first-order valence-corrected chi connectivity index (χ1v) is 5.46. The minimum absolute atomic E-state index is 0.0109. The summed E-state index contributed by atoms with van der Waals surface area (Å²) in [4.78, 5) is 13.4. The molecule has 86 valence electrons. The maximum atomic E-state index is 12.9. The Labute approximate surface area is 87.8 Å². The van der Waals surface area contributed by atoms with Crippen LogP contribution in [0.5, 0.6) is 0 Å². The van der Waals surface area contributed by atoms with Crippen molar-refractivity contribution in [3.8, 4) is 0 Å². The van der Waals surface area contributed by atoms with Crippen molar-refractivity contribution in [3.05, 3.63) is 0 Å². The van der Waals surface area contributed by atoms with Gasteiger partial charge in [-0.2, -0.15) is 0 Å². The molecule has 5 heteroatoms. The summed E-state index contributed by atoms with van der Waals surface area (Å²) >= 11 is 0. The van der Waals surface area contributed by atoms with Crippen molar-refractivity contribution in [2.75, 3.05) is 26.2 Å². The second-order valence-electron chi connectivity index (χ2n) is 4.37. The molecule has 0 saturated carbocycles. The van der Waals surface area contributed by atoms with E-state index in [9.17, 15) is 13.6 Å². The molecule has 0 aromatic carbocycles. The second-order valence-corrected chi connectivity index (χ2v) is 4.37. The monoisotopic (exact) mass is 218 g/mol. The van der Waals surface area contributed by atoms with Gasteiger partial charge in [-0.3, -0.25) is 4.79 Å². The molecule has 2 fully saturated rings. The Morgan fingerprint density at radius 2 is 2.00 bits per heavy atom. The zero-order chi connectivity index (χ0) is 10.9. The molecule has 2 aliphatic rings. The van der Waals surface area contributed by atoms with Gasteiger partial charge >= 0.3 is 0 Å². The maximum absolute atomic E-state index is 12.9. The number of nitrogens with one attached hydrogen (secondary N) is 1. The fourth-order valence-corrected chi connectivity index (χ4v) is 2.18. The maximum Gasteiger partial charge on any atom is 0.251 e. The first-order valence-electron chi connectivity index (χ1n) is 5.46. The van der Waals surface area contributed by atoms with Crippen molar-refractivity contribution in [2.24, 2.45) is 5.92 Å². The summed E-state index contributed by atoms with van der Waals surface area (Å²) in [6.45, 7) is 1.98. The zero-order valence-corrected chi connectivity index (χ0v) is 8.64. The van der Waals surface area contributed by atoms with Gasteiger partial charge in [0, 0.05) is 32.5 Å². The minimum atomic E-state index is -2.56. The van der Waals surface area contributed by atoms with Crippen LogP contribution in [0.1, 0.15) is 19.3 Å². The summed E-state index contributed by atoms with van der Waals surface area (Å²) < 4.78 is 25.7. The van der Waals surface area contributed by atoms with Gasteiger partial charge < -0.3 is 10.2 Å². The smallest absolute Gasteiger partial charge is 0.251 e. The van der Waals surface area contributed by atoms with E-state index in [2.05, 4.69) is 5.32 Å². The number of hydrogen-bond donors (Lipinski definition) is 1. The number of likely N-dealkylation sites (tertiary alicyclic amines) is 1. The standard InChI is InChI=1S/C10H16F2N2O/c11-10(12)2-5-14(6-3-10)9(15)8-1-4-13-7-8/h8,13H,1-7H2/t8-/m0/s1. The summed E-state index contributed by atoms with van der Waals surface area (Å²) in [6, 6.07) is 0. The summed E-state index contributed by atoms with van der Waals surface area (Å²) in [7, 11) is 0. The molecule has 2 aliphatic heterocycles. The molecule has 1 amide bonds. The van der Waals surface area contributed by atoms with E-state index in [1.165, 1.54) is 0 Å². The van der Waals surface area contributed by atoms with Crippen LogP contribution in [-0.4, -0.2) is 42.9 Å². The van der Waals surface area contributed by atoms with Crippen LogP contribution in [0.25, 0.3) is 0 Å². The van der Waals surface area contributed by atoms with Crippen molar-refractivity contribution in [2.45, 2.75) is 25.2 Å². The Balaban J connectivity index is 1.87. The van der Waals surface area contributed by atoms with Gasteiger partial charge in [-0.05, 0) is 13.0 Å². The Kier molecular flexibility index (Phi) is 2.91. The molecule has 0 spiro atoms. The summed E-state index contributed by atoms with van der Waals surface area (Å²) in [5.41, 5.74) is 0. The predicted molar refractivity (Wildman–Crippen MR) is 51.7 cm³/mol. The highest BCUT2D eigenvalue weighted by Gasteiger charge is 2.37. The van der Waals surface area contributed by atoms with Gasteiger partial charge in [0.25, 0.3) is 5.92 Å². The quantitative estimate of drug-likeness (QED) is 0.707. The molecule has 0 bridgehead atoms. The molecule has 1 N–H and O–H groups in total. The first kappa shape index (κ1) is 10.8. The van der Waals surface area contributed by atoms with Crippen LogP contribution < -0.4 is 5.32 Å². The van der Waals surface area contributed by atoms with Crippen LogP contribution in [0.4, 0.5) is 8.78 Å². The van der Waals surface area contributed by atoms with Crippen LogP contribution in [-0.2, 0) is 4.79 Å². The number of hydrogen-bond acceptors (Lipinski definition) is 2. The normalized spacial score (nSPS) is 30.5. The minimum Gasteiger partial charge on any atom is -0.342 e. The molecule has 0 unspecified atom stereocenters. The number of halogens is 2. The van der Waals surface area contributed by atoms with Crippen molar-refractivity contribution in [1.82, 2.24) is 10.2 Å². The van der Waals surface area contributed by atoms with Gasteiger partial charge in [0.05, 0.1) is 5.92 Å². The van der Waals surface area contributed by atoms with E-state index in [-0.39, 0.29) is 37.8 Å². The fourth-order valence-electron chi connectivity index (χ4n) is 2.18. The third-order valence-corrected chi connectivity index (χ3v) is 3.22. The van der Waals surface area contributed by atoms with Gasteiger partial charge in [0.1, 0.15) is 0 Å². The largest absolute Gasteiger partial charge is 0.342 e. The Hall–Kier alpha value is -0.710. The van der Waals surface area contributed by atoms with Crippen molar-refractivity contribution >= 4 is 5.91 Å². The van der Waals surface area contributed by atoms with Crippen LogP contribution >= 0.6 is 0 Å². The topological polar surface area (TPSA) is 32.3 Å². The summed E-state index contributed by atoms with van der Waals surface area (Å²) in [5, 5.41) is 3.11. The molecule has 2 saturated heterocycles. The highest BCUT2D eigenvalue weighted by atomic mass is 19.3. The molecule has 3 nitrogen and oxygen atoms in total. The molecule has 0 radical (unpaired) electrons. The molecular weight excluding hydrogens is 202 g/mol. The lowest BCUT2D eigenvalue weighted by Crippen LogP contribution is -2.45. The van der Waals surface area contributed by atoms with E-state index in [4.69, 9.17) is 0 Å². The van der Waals surface area contributed by atoms with Crippen LogP contribution in [0.2, 0.25) is 0 Å². The average molecular weight is 218 g/mol. The van der Waals surface area contributed by atoms with E-state index >= 15 is 0 Å². The summed E-state index contributed by atoms with van der Waals surface area (Å²) in [5.74, 6) is -2.50. The molecule has 2 rings (SSSR count). The van der Waals surface area contributed by atoms with Crippen molar-refractivity contribution in [3.63, 3.8) is 0 Å². The van der Waals surface area contributed by atoms with Gasteiger partial charge in [-0.1, -0.05) is 0 Å². The Bertz CT molecular complexity index is 242. The lowest BCUT2D eigenvalue weighted by molar-refractivity contribution is -0.140. The molecule has 15 heavy (non-hydrogen) atoms. The van der Waals surface area contributed by atoms with E-state index in [0.717, 1.165) is 13.0 Å². The SMILES string of the molecule is O=C([C@H]1CCNC1)N1CCC(F)(F)CC1. The molecule has 0 aromatic rings. The third kappa shape index (κ3) is 2.45. The number of carbonyl (C=O) groups is 1. The van der Waals surface area contributed by atoms with E-state index < -0.39 is 5.92 Å². The molecular formula is C10H16F2N2O. The third-order valence-electron chi connectivity index (χ3n) is 3.22. The number of amides is 1. The number of carbonyl (C=O) groups excluding carboxylic acids is 1. The van der Waals surface area contributed by atoms with Gasteiger partial charge in [-0.25, -0.2) is 8.78 Å². The zero-order valence-electron chi connectivity index (χ0n) is 8.64. The van der Waals surface area contributed by atoms with Crippen LogP contribution in [0.3, 0.4) is 0 Å².